The summed E-state index contributed by atoms with van der Waals surface area (Å²) < 4.78 is 34.8. The maximum Gasteiger partial charge on any atom is 0.294 e. The van der Waals surface area contributed by atoms with Crippen LogP contribution in [0.4, 0.5) is 0 Å². The molecule has 0 atom stereocenters. The summed E-state index contributed by atoms with van der Waals surface area (Å²) in [5.41, 5.74) is 0.766. The van der Waals surface area contributed by atoms with Crippen molar-refractivity contribution in [2.24, 2.45) is 0 Å². The first-order valence-corrected chi connectivity index (χ1v) is 4.75. The normalized spacial score (nSPS) is 12.1. The van der Waals surface area contributed by atoms with Gasteiger partial charge in [0.2, 0.25) is 0 Å². The molecule has 2 aromatic rings. The van der Waals surface area contributed by atoms with Gasteiger partial charge in [-0.2, -0.15) is 8.42 Å². The van der Waals surface area contributed by atoms with Crippen molar-refractivity contribution in [3.05, 3.63) is 24.6 Å². The van der Waals surface area contributed by atoms with E-state index in [0.29, 0.717) is 5.52 Å². The second-order valence-corrected chi connectivity index (χ2v) is 3.83. The fourth-order valence-corrected chi connectivity index (χ4v) is 1.45. The topological polar surface area (TPSA) is 80.4 Å². The minimum Gasteiger partial charge on any atom is -0.432 e. The van der Waals surface area contributed by atoms with Crippen LogP contribution >= 0.6 is 0 Å². The highest BCUT2D eigenvalue weighted by molar-refractivity contribution is 7.85. The zero-order valence-electron chi connectivity index (χ0n) is 6.26. The first-order chi connectivity index (χ1) is 6.07. The Hall–Kier alpha value is -1.40. The van der Waals surface area contributed by atoms with Crippen LogP contribution in [0.15, 0.2) is 27.5 Å². The Morgan fingerprint density at radius 2 is 2.23 bits per heavy atom. The molecule has 0 unspecified atom stereocenters. The highest BCUT2D eigenvalue weighted by Crippen LogP contribution is 2.16. The van der Waals surface area contributed by atoms with E-state index in [0.717, 1.165) is 0 Å². The number of fused-ring (bicyclic) bond motifs is 1. The fraction of sp³-hybridized carbons (Fsp3) is 0. The monoisotopic (exact) mass is 198 g/mol. The molecule has 1 heterocycles. The SMILES string of the molecule is O=S(=O)(O)c1ccc2n[c]oc2c1. The minimum absolute atomic E-state index is 0.217. The van der Waals surface area contributed by atoms with E-state index in [1.54, 1.807) is 0 Å². The largest absolute Gasteiger partial charge is 0.432 e. The predicted octanol–water partition coefficient (Wildman–Crippen LogP) is 0.875. The van der Waals surface area contributed by atoms with Gasteiger partial charge in [-0.1, -0.05) is 0 Å². The Kier molecular flexibility index (Phi) is 1.61. The van der Waals surface area contributed by atoms with Crippen LogP contribution in [0.1, 0.15) is 0 Å². The van der Waals surface area contributed by atoms with Gasteiger partial charge in [-0.25, -0.2) is 4.98 Å². The molecule has 13 heavy (non-hydrogen) atoms. The molecule has 67 valence electrons. The van der Waals surface area contributed by atoms with Crippen LogP contribution in [-0.2, 0) is 10.1 Å². The number of hydrogen-bond acceptors (Lipinski definition) is 4. The van der Waals surface area contributed by atoms with Crippen molar-refractivity contribution in [1.82, 2.24) is 4.98 Å². The van der Waals surface area contributed by atoms with Gasteiger partial charge in [0.25, 0.3) is 16.5 Å². The molecule has 2 rings (SSSR count). The summed E-state index contributed by atoms with van der Waals surface area (Å²) in [6, 6.07) is 3.86. The fourth-order valence-electron chi connectivity index (χ4n) is 0.950. The smallest absolute Gasteiger partial charge is 0.294 e. The Bertz CT molecular complexity index is 542. The summed E-state index contributed by atoms with van der Waals surface area (Å²) in [5.74, 6) is 0. The summed E-state index contributed by atoms with van der Waals surface area (Å²) in [6.07, 6.45) is 2.21. The summed E-state index contributed by atoms with van der Waals surface area (Å²) in [7, 11) is -4.17. The zero-order valence-corrected chi connectivity index (χ0v) is 7.08. The van der Waals surface area contributed by atoms with Crippen molar-refractivity contribution in [2.45, 2.75) is 4.90 Å². The van der Waals surface area contributed by atoms with Gasteiger partial charge in [0.1, 0.15) is 5.52 Å². The van der Waals surface area contributed by atoms with Crippen LogP contribution in [-0.4, -0.2) is 18.0 Å². The predicted molar refractivity (Wildman–Crippen MR) is 42.7 cm³/mol. The zero-order chi connectivity index (χ0) is 9.47. The van der Waals surface area contributed by atoms with E-state index in [-0.39, 0.29) is 10.5 Å². The molecule has 0 saturated carbocycles. The lowest BCUT2D eigenvalue weighted by Gasteiger charge is -1.94. The maximum atomic E-state index is 10.7. The lowest BCUT2D eigenvalue weighted by atomic mass is 10.3. The lowest BCUT2D eigenvalue weighted by molar-refractivity contribution is 0.483. The van der Waals surface area contributed by atoms with Crippen molar-refractivity contribution in [1.29, 1.82) is 0 Å². The van der Waals surface area contributed by atoms with Crippen molar-refractivity contribution >= 4 is 21.2 Å². The molecule has 1 radical (unpaired) electrons. The van der Waals surface area contributed by atoms with Crippen LogP contribution in [0, 0.1) is 6.39 Å². The number of oxazole rings is 1. The molecule has 0 aliphatic heterocycles. The Labute approximate surface area is 73.8 Å². The van der Waals surface area contributed by atoms with Gasteiger partial charge in [0.15, 0.2) is 5.58 Å². The van der Waals surface area contributed by atoms with E-state index in [1.165, 1.54) is 18.2 Å². The van der Waals surface area contributed by atoms with Crippen molar-refractivity contribution in [3.8, 4) is 0 Å². The third-order valence-electron chi connectivity index (χ3n) is 1.55. The molecule has 1 aromatic carbocycles. The maximum absolute atomic E-state index is 10.7. The van der Waals surface area contributed by atoms with Gasteiger partial charge < -0.3 is 4.42 Å². The van der Waals surface area contributed by atoms with E-state index in [9.17, 15) is 8.42 Å². The van der Waals surface area contributed by atoms with Crippen LogP contribution in [0.3, 0.4) is 0 Å². The molecule has 0 saturated heterocycles. The molecular weight excluding hydrogens is 194 g/mol. The molecule has 5 nitrogen and oxygen atoms in total. The highest BCUT2D eigenvalue weighted by atomic mass is 32.2. The van der Waals surface area contributed by atoms with Gasteiger partial charge in [-0.3, -0.25) is 4.55 Å². The standard InChI is InChI=1S/C7H4NO4S/c9-13(10,11)5-1-2-6-7(3-5)12-4-8-6/h1-3H,(H,9,10,11). The molecule has 0 aliphatic carbocycles. The van der Waals surface area contributed by atoms with Gasteiger partial charge in [0.05, 0.1) is 4.90 Å². The van der Waals surface area contributed by atoms with Gasteiger partial charge in [-0.15, -0.1) is 0 Å². The Morgan fingerprint density at radius 3 is 2.92 bits per heavy atom. The number of hydrogen-bond donors (Lipinski definition) is 1. The molecule has 6 heteroatoms. The molecular formula is C7H4NO4S. The summed E-state index contributed by atoms with van der Waals surface area (Å²) in [6.45, 7) is 0. The second kappa shape index (κ2) is 2.54. The molecule has 0 bridgehead atoms. The van der Waals surface area contributed by atoms with E-state index >= 15 is 0 Å². The molecule has 0 amide bonds. The summed E-state index contributed by atoms with van der Waals surface area (Å²) >= 11 is 0. The van der Waals surface area contributed by atoms with Crippen molar-refractivity contribution in [2.75, 3.05) is 0 Å². The van der Waals surface area contributed by atoms with E-state index in [4.69, 9.17) is 8.97 Å². The number of rotatable bonds is 1. The number of aromatic nitrogens is 1. The third kappa shape index (κ3) is 1.41. The van der Waals surface area contributed by atoms with Crippen LogP contribution in [0.5, 0.6) is 0 Å². The average molecular weight is 198 g/mol. The number of benzene rings is 1. The molecule has 0 spiro atoms. The van der Waals surface area contributed by atoms with E-state index < -0.39 is 10.1 Å². The van der Waals surface area contributed by atoms with Crippen LogP contribution < -0.4 is 0 Å². The number of nitrogens with zero attached hydrogens (tertiary/aromatic N) is 1. The minimum atomic E-state index is -4.17. The summed E-state index contributed by atoms with van der Waals surface area (Å²) in [4.78, 5) is 3.46. The van der Waals surface area contributed by atoms with Crippen LogP contribution in [0.2, 0.25) is 0 Å². The average Bonchev–Trinajstić information content (AvgIpc) is 2.47. The van der Waals surface area contributed by atoms with E-state index in [2.05, 4.69) is 11.4 Å². The quantitative estimate of drug-likeness (QED) is 0.688. The van der Waals surface area contributed by atoms with E-state index in [1.807, 2.05) is 0 Å². The molecule has 0 aliphatic rings. The molecule has 0 fully saturated rings. The molecule has 1 aromatic heterocycles. The summed E-state index contributed by atoms with van der Waals surface area (Å²) in [5, 5.41) is 0. The van der Waals surface area contributed by atoms with Crippen molar-refractivity contribution < 1.29 is 17.4 Å². The van der Waals surface area contributed by atoms with Gasteiger partial charge >= 0.3 is 0 Å². The van der Waals surface area contributed by atoms with Gasteiger partial charge in [-0.05, 0) is 12.1 Å². The third-order valence-corrected chi connectivity index (χ3v) is 2.40. The Balaban J connectivity index is 2.75. The van der Waals surface area contributed by atoms with Gasteiger partial charge in [0, 0.05) is 6.07 Å². The first-order valence-electron chi connectivity index (χ1n) is 3.31. The highest BCUT2D eigenvalue weighted by Gasteiger charge is 2.11. The Morgan fingerprint density at radius 1 is 1.46 bits per heavy atom. The second-order valence-electron chi connectivity index (χ2n) is 2.41. The van der Waals surface area contributed by atoms with Crippen LogP contribution in [0.25, 0.3) is 11.1 Å². The molecule has 1 N–H and O–H groups in total. The van der Waals surface area contributed by atoms with Crippen molar-refractivity contribution in [3.63, 3.8) is 0 Å². The first kappa shape index (κ1) is 8.21. The lowest BCUT2D eigenvalue weighted by Crippen LogP contribution is -1.96.